The SMILES string of the molecule is O=C(Cc1cccnc1)CC1CON=C1c1ccc(Cl)c(Cl)c1. The first-order valence-corrected chi connectivity index (χ1v) is 7.95. The molecule has 118 valence electrons. The predicted octanol–water partition coefficient (Wildman–Crippen LogP) is 3.94. The van der Waals surface area contributed by atoms with Crippen LogP contribution in [0.4, 0.5) is 0 Å². The van der Waals surface area contributed by atoms with Crippen molar-refractivity contribution >= 4 is 34.7 Å². The fourth-order valence-corrected chi connectivity index (χ4v) is 2.83. The van der Waals surface area contributed by atoms with Gasteiger partial charge in [-0.2, -0.15) is 0 Å². The van der Waals surface area contributed by atoms with Gasteiger partial charge in [0.1, 0.15) is 12.4 Å². The average Bonchev–Trinajstić information content (AvgIpc) is 2.99. The molecule has 0 radical (unpaired) electrons. The van der Waals surface area contributed by atoms with Crippen LogP contribution in [0.5, 0.6) is 0 Å². The smallest absolute Gasteiger partial charge is 0.138 e. The van der Waals surface area contributed by atoms with Crippen molar-refractivity contribution in [1.82, 2.24) is 4.98 Å². The van der Waals surface area contributed by atoms with Gasteiger partial charge in [-0.1, -0.05) is 40.5 Å². The number of carbonyl (C=O) groups is 1. The first-order valence-electron chi connectivity index (χ1n) is 7.19. The molecule has 2 aromatic rings. The summed E-state index contributed by atoms with van der Waals surface area (Å²) in [6.45, 7) is 0.397. The number of Topliss-reactive ketones (excluding diaryl/α,β-unsaturated/α-hetero) is 1. The molecule has 1 aliphatic heterocycles. The van der Waals surface area contributed by atoms with Gasteiger partial charge >= 0.3 is 0 Å². The third-order valence-electron chi connectivity index (χ3n) is 3.64. The Bertz CT molecular complexity index is 748. The van der Waals surface area contributed by atoms with Crippen molar-refractivity contribution in [2.45, 2.75) is 12.8 Å². The van der Waals surface area contributed by atoms with Gasteiger partial charge in [0.25, 0.3) is 0 Å². The predicted molar refractivity (Wildman–Crippen MR) is 90.0 cm³/mol. The number of ketones is 1. The number of rotatable bonds is 5. The summed E-state index contributed by atoms with van der Waals surface area (Å²) in [6.07, 6.45) is 4.12. The number of oxime groups is 1. The molecule has 1 aromatic carbocycles. The minimum Gasteiger partial charge on any atom is -0.395 e. The molecule has 0 aliphatic carbocycles. The van der Waals surface area contributed by atoms with Gasteiger partial charge in [0.2, 0.25) is 0 Å². The van der Waals surface area contributed by atoms with E-state index < -0.39 is 0 Å². The first-order chi connectivity index (χ1) is 11.1. The molecule has 1 unspecified atom stereocenters. The number of pyridine rings is 1. The van der Waals surface area contributed by atoms with Crippen LogP contribution in [-0.4, -0.2) is 23.1 Å². The maximum Gasteiger partial charge on any atom is 0.138 e. The zero-order valence-corrected chi connectivity index (χ0v) is 13.7. The zero-order chi connectivity index (χ0) is 16.2. The Morgan fingerprint density at radius 2 is 2.13 bits per heavy atom. The third-order valence-corrected chi connectivity index (χ3v) is 4.38. The van der Waals surface area contributed by atoms with Crippen LogP contribution in [0.15, 0.2) is 47.9 Å². The molecule has 0 N–H and O–H groups in total. The average molecular weight is 349 g/mol. The van der Waals surface area contributed by atoms with Gasteiger partial charge in [-0.05, 0) is 23.8 Å². The van der Waals surface area contributed by atoms with Gasteiger partial charge in [-0.25, -0.2) is 0 Å². The summed E-state index contributed by atoms with van der Waals surface area (Å²) < 4.78 is 0. The first kappa shape index (κ1) is 16.0. The molecule has 0 saturated heterocycles. The van der Waals surface area contributed by atoms with Crippen molar-refractivity contribution in [3.8, 4) is 0 Å². The van der Waals surface area contributed by atoms with Gasteiger partial charge in [-0.3, -0.25) is 9.78 Å². The Morgan fingerprint density at radius 1 is 1.26 bits per heavy atom. The van der Waals surface area contributed by atoms with Crippen LogP contribution >= 0.6 is 23.2 Å². The second kappa shape index (κ2) is 7.11. The summed E-state index contributed by atoms with van der Waals surface area (Å²) in [5.41, 5.74) is 2.48. The van der Waals surface area contributed by atoms with Crippen LogP contribution in [0.2, 0.25) is 10.0 Å². The van der Waals surface area contributed by atoms with E-state index in [1.807, 2.05) is 18.2 Å². The standard InChI is InChI=1S/C17H14Cl2N2O2/c18-15-4-3-12(8-16(15)19)17-13(10-23-21-17)7-14(22)6-11-2-1-5-20-9-11/h1-5,8-9,13H,6-7,10H2. The Labute approximate surface area is 144 Å². The molecule has 1 atom stereocenters. The molecular formula is C17H14Cl2N2O2. The minimum absolute atomic E-state index is 0.0728. The van der Waals surface area contributed by atoms with Crippen molar-refractivity contribution < 1.29 is 9.63 Å². The number of halogens is 2. The van der Waals surface area contributed by atoms with Gasteiger partial charge in [0.15, 0.2) is 0 Å². The van der Waals surface area contributed by atoms with Gasteiger partial charge < -0.3 is 4.84 Å². The van der Waals surface area contributed by atoms with E-state index in [9.17, 15) is 4.79 Å². The largest absolute Gasteiger partial charge is 0.395 e. The summed E-state index contributed by atoms with van der Waals surface area (Å²) in [4.78, 5) is 21.5. The lowest BCUT2D eigenvalue weighted by atomic mass is 9.92. The van der Waals surface area contributed by atoms with E-state index in [2.05, 4.69) is 10.1 Å². The number of carbonyl (C=O) groups excluding carboxylic acids is 1. The fraction of sp³-hybridized carbons (Fsp3) is 0.235. The van der Waals surface area contributed by atoms with Crippen molar-refractivity contribution in [1.29, 1.82) is 0 Å². The molecule has 0 fully saturated rings. The Kier molecular flexibility index (Phi) is 4.94. The number of benzene rings is 1. The van der Waals surface area contributed by atoms with E-state index in [1.165, 1.54) is 0 Å². The molecule has 0 bridgehead atoms. The highest BCUT2D eigenvalue weighted by atomic mass is 35.5. The zero-order valence-electron chi connectivity index (χ0n) is 12.2. The molecule has 1 aliphatic rings. The van der Waals surface area contributed by atoms with Crippen LogP contribution < -0.4 is 0 Å². The maximum atomic E-state index is 12.3. The van der Waals surface area contributed by atoms with Crippen molar-refractivity contribution in [3.63, 3.8) is 0 Å². The molecule has 1 aromatic heterocycles. The summed E-state index contributed by atoms with van der Waals surface area (Å²) in [7, 11) is 0. The van der Waals surface area contributed by atoms with E-state index in [0.717, 1.165) is 16.8 Å². The van der Waals surface area contributed by atoms with E-state index in [1.54, 1.807) is 24.5 Å². The summed E-state index contributed by atoms with van der Waals surface area (Å²) in [5, 5.41) is 5.01. The summed E-state index contributed by atoms with van der Waals surface area (Å²) >= 11 is 12.0. The Hall–Kier alpha value is -1.91. The molecule has 4 nitrogen and oxygen atoms in total. The van der Waals surface area contributed by atoms with Crippen molar-refractivity contribution in [2.24, 2.45) is 11.1 Å². The second-order valence-electron chi connectivity index (χ2n) is 5.38. The molecule has 2 heterocycles. The van der Waals surface area contributed by atoms with E-state index in [4.69, 9.17) is 28.0 Å². The summed E-state index contributed by atoms with van der Waals surface area (Å²) in [5.74, 6) is 0.0534. The molecule has 0 spiro atoms. The van der Waals surface area contributed by atoms with Crippen LogP contribution in [-0.2, 0) is 16.1 Å². The number of hydrogen-bond donors (Lipinski definition) is 0. The highest BCUT2D eigenvalue weighted by molar-refractivity contribution is 6.42. The fourth-order valence-electron chi connectivity index (χ4n) is 2.53. The summed E-state index contributed by atoms with van der Waals surface area (Å²) in [6, 6.07) is 9.01. The number of nitrogens with zero attached hydrogens (tertiary/aromatic N) is 2. The Morgan fingerprint density at radius 3 is 2.87 bits per heavy atom. The highest BCUT2D eigenvalue weighted by Gasteiger charge is 2.27. The Balaban J connectivity index is 1.69. The maximum absolute atomic E-state index is 12.3. The van der Waals surface area contributed by atoms with Crippen LogP contribution in [0, 0.1) is 5.92 Å². The minimum atomic E-state index is -0.0728. The lowest BCUT2D eigenvalue weighted by Crippen LogP contribution is -2.19. The van der Waals surface area contributed by atoms with Crippen molar-refractivity contribution in [3.05, 3.63) is 63.9 Å². The molecule has 23 heavy (non-hydrogen) atoms. The van der Waals surface area contributed by atoms with E-state index in [-0.39, 0.29) is 11.7 Å². The topological polar surface area (TPSA) is 51.5 Å². The number of aromatic nitrogens is 1. The van der Waals surface area contributed by atoms with Gasteiger partial charge in [0, 0.05) is 36.7 Å². The third kappa shape index (κ3) is 3.89. The lowest BCUT2D eigenvalue weighted by molar-refractivity contribution is -0.119. The number of hydrogen-bond acceptors (Lipinski definition) is 4. The van der Waals surface area contributed by atoms with Crippen LogP contribution in [0.3, 0.4) is 0 Å². The molecule has 0 amide bonds. The quantitative estimate of drug-likeness (QED) is 0.822. The van der Waals surface area contributed by atoms with E-state index in [0.29, 0.717) is 29.5 Å². The molecule has 6 heteroatoms. The van der Waals surface area contributed by atoms with Crippen molar-refractivity contribution in [2.75, 3.05) is 6.61 Å². The normalized spacial score (nSPS) is 16.8. The lowest BCUT2D eigenvalue weighted by Gasteiger charge is -2.10. The van der Waals surface area contributed by atoms with Crippen LogP contribution in [0.1, 0.15) is 17.5 Å². The van der Waals surface area contributed by atoms with Gasteiger partial charge in [0.05, 0.1) is 15.8 Å². The molecule has 3 rings (SSSR count). The van der Waals surface area contributed by atoms with Gasteiger partial charge in [-0.15, -0.1) is 0 Å². The highest BCUT2D eigenvalue weighted by Crippen LogP contribution is 2.27. The monoisotopic (exact) mass is 348 g/mol. The van der Waals surface area contributed by atoms with Crippen LogP contribution in [0.25, 0.3) is 0 Å². The molecule has 0 saturated carbocycles. The molecular weight excluding hydrogens is 335 g/mol. The van der Waals surface area contributed by atoms with E-state index >= 15 is 0 Å². The second-order valence-corrected chi connectivity index (χ2v) is 6.19.